The Morgan fingerprint density at radius 3 is 2.33 bits per heavy atom. The van der Waals surface area contributed by atoms with Crippen molar-refractivity contribution in [1.82, 2.24) is 5.32 Å². The Kier molecular flexibility index (Phi) is 4.32. The number of hydrogen-bond acceptors (Lipinski definition) is 3. The summed E-state index contributed by atoms with van der Waals surface area (Å²) >= 11 is 0. The van der Waals surface area contributed by atoms with Crippen molar-refractivity contribution in [3.63, 3.8) is 0 Å². The zero-order chi connectivity index (χ0) is 21.0. The number of ketones is 2. The van der Waals surface area contributed by atoms with Gasteiger partial charge in [-0.3, -0.25) is 9.59 Å². The Morgan fingerprint density at radius 1 is 0.933 bits per heavy atom. The molecule has 1 atom stereocenters. The molecule has 0 fully saturated rings. The molecule has 0 unspecified atom stereocenters. The number of carbonyl (C=O) groups excluding carboxylic acids is 2. The molecular formula is C27H27NO2. The number of aryl methyl sites for hydroxylation is 1. The molecule has 0 spiro atoms. The predicted octanol–water partition coefficient (Wildman–Crippen LogP) is 5.58. The average molecular weight is 398 g/mol. The first-order valence-corrected chi connectivity index (χ1v) is 10.9. The molecule has 0 aromatic heterocycles. The third-order valence-corrected chi connectivity index (χ3v) is 6.58. The molecule has 0 amide bonds. The third kappa shape index (κ3) is 2.87. The van der Waals surface area contributed by atoms with E-state index in [9.17, 15) is 9.59 Å². The maximum Gasteiger partial charge on any atom is 0.192 e. The summed E-state index contributed by atoms with van der Waals surface area (Å²) in [5, 5.41) is 3.54. The summed E-state index contributed by atoms with van der Waals surface area (Å²) < 4.78 is 0. The molecule has 1 N–H and O–H groups in total. The molecule has 0 saturated carbocycles. The van der Waals surface area contributed by atoms with Gasteiger partial charge in [-0.1, -0.05) is 75.7 Å². The number of Topliss-reactive ketones (excluding diaryl/α,β-unsaturated/α-hetero) is 2. The lowest BCUT2D eigenvalue weighted by Crippen LogP contribution is -2.37. The van der Waals surface area contributed by atoms with Crippen LogP contribution in [0.2, 0.25) is 0 Å². The van der Waals surface area contributed by atoms with Crippen LogP contribution in [-0.4, -0.2) is 11.6 Å². The molecule has 3 nitrogen and oxygen atoms in total. The normalized spacial score (nSPS) is 21.9. The van der Waals surface area contributed by atoms with Crippen LogP contribution in [0.1, 0.15) is 73.0 Å². The molecule has 3 aliphatic rings. The smallest absolute Gasteiger partial charge is 0.192 e. The van der Waals surface area contributed by atoms with Gasteiger partial charge in [-0.15, -0.1) is 0 Å². The van der Waals surface area contributed by atoms with Crippen molar-refractivity contribution in [3.8, 4) is 0 Å². The highest BCUT2D eigenvalue weighted by Gasteiger charge is 2.46. The van der Waals surface area contributed by atoms with Gasteiger partial charge < -0.3 is 5.32 Å². The quantitative estimate of drug-likeness (QED) is 0.736. The fourth-order valence-corrected chi connectivity index (χ4v) is 5.29. The van der Waals surface area contributed by atoms with Crippen LogP contribution in [0.25, 0.3) is 5.70 Å². The number of fused-ring (bicyclic) bond motifs is 2. The molecule has 152 valence electrons. The van der Waals surface area contributed by atoms with Crippen LogP contribution in [0.3, 0.4) is 0 Å². The Labute approximate surface area is 177 Å². The third-order valence-electron chi connectivity index (χ3n) is 6.58. The van der Waals surface area contributed by atoms with Crippen LogP contribution >= 0.6 is 0 Å². The number of hydrogen-bond donors (Lipinski definition) is 1. The molecule has 0 bridgehead atoms. The van der Waals surface area contributed by atoms with E-state index in [1.807, 2.05) is 24.3 Å². The maximum atomic E-state index is 13.5. The number of dihydropyridines is 1. The summed E-state index contributed by atoms with van der Waals surface area (Å²) in [6.45, 7) is 6.46. The fourth-order valence-electron chi connectivity index (χ4n) is 5.29. The van der Waals surface area contributed by atoms with Crippen molar-refractivity contribution in [3.05, 3.63) is 87.6 Å². The van der Waals surface area contributed by atoms with Gasteiger partial charge in [-0.2, -0.15) is 0 Å². The lowest BCUT2D eigenvalue weighted by atomic mass is 9.68. The zero-order valence-electron chi connectivity index (χ0n) is 17.8. The second kappa shape index (κ2) is 6.80. The van der Waals surface area contributed by atoms with Crippen molar-refractivity contribution < 1.29 is 9.59 Å². The van der Waals surface area contributed by atoms with E-state index in [4.69, 9.17) is 0 Å². The van der Waals surface area contributed by atoms with Crippen LogP contribution in [0.15, 0.2) is 65.4 Å². The molecule has 3 heteroatoms. The minimum atomic E-state index is -0.296. The van der Waals surface area contributed by atoms with Crippen LogP contribution < -0.4 is 5.32 Å². The summed E-state index contributed by atoms with van der Waals surface area (Å²) in [5.74, 6) is -0.0953. The monoisotopic (exact) mass is 397 g/mol. The molecule has 1 heterocycles. The second-order valence-electron chi connectivity index (χ2n) is 9.55. The molecule has 0 radical (unpaired) electrons. The second-order valence-corrected chi connectivity index (χ2v) is 9.55. The van der Waals surface area contributed by atoms with Crippen molar-refractivity contribution in [2.75, 3.05) is 0 Å². The highest BCUT2D eigenvalue weighted by atomic mass is 16.1. The lowest BCUT2D eigenvalue weighted by Gasteiger charge is -2.39. The molecular weight excluding hydrogens is 370 g/mol. The molecule has 1 aliphatic heterocycles. The molecule has 2 aromatic carbocycles. The first-order chi connectivity index (χ1) is 14.4. The van der Waals surface area contributed by atoms with Crippen molar-refractivity contribution in [1.29, 1.82) is 0 Å². The lowest BCUT2D eigenvalue weighted by molar-refractivity contribution is -0.118. The molecule has 5 rings (SSSR count). The highest BCUT2D eigenvalue weighted by molar-refractivity contribution is 6.23. The van der Waals surface area contributed by atoms with E-state index in [-0.39, 0.29) is 22.9 Å². The SMILES string of the molecule is CCCc1ccc([C@@H]2C3=C(CC(C)(C)CC3=O)NC3=C2C(=O)c2ccccc23)cc1. The minimum absolute atomic E-state index is 0.0416. The van der Waals surface area contributed by atoms with Gasteiger partial charge in [0.15, 0.2) is 11.6 Å². The molecule has 0 saturated heterocycles. The van der Waals surface area contributed by atoms with Gasteiger partial charge in [0.05, 0.1) is 5.70 Å². The summed E-state index contributed by atoms with van der Waals surface area (Å²) in [4.78, 5) is 26.8. The maximum absolute atomic E-state index is 13.5. The Hall–Kier alpha value is -2.94. The van der Waals surface area contributed by atoms with E-state index in [0.717, 1.165) is 58.5 Å². The first kappa shape index (κ1) is 19.0. The first-order valence-electron chi connectivity index (χ1n) is 10.9. The van der Waals surface area contributed by atoms with E-state index in [0.29, 0.717) is 6.42 Å². The van der Waals surface area contributed by atoms with Crippen LogP contribution in [0.4, 0.5) is 0 Å². The van der Waals surface area contributed by atoms with E-state index in [1.54, 1.807) is 0 Å². The van der Waals surface area contributed by atoms with Gasteiger partial charge >= 0.3 is 0 Å². The summed E-state index contributed by atoms with van der Waals surface area (Å²) in [6, 6.07) is 16.3. The molecule has 30 heavy (non-hydrogen) atoms. The van der Waals surface area contributed by atoms with Crippen LogP contribution in [0.5, 0.6) is 0 Å². The molecule has 2 aliphatic carbocycles. The summed E-state index contributed by atoms with van der Waals surface area (Å²) in [6.07, 6.45) is 3.46. The predicted molar refractivity (Wildman–Crippen MR) is 119 cm³/mol. The fraction of sp³-hybridized carbons (Fsp3) is 0.333. The summed E-state index contributed by atoms with van der Waals surface area (Å²) in [7, 11) is 0. The Morgan fingerprint density at radius 2 is 1.63 bits per heavy atom. The Bertz CT molecular complexity index is 1130. The van der Waals surface area contributed by atoms with Gasteiger partial charge in [-0.25, -0.2) is 0 Å². The van der Waals surface area contributed by atoms with E-state index < -0.39 is 0 Å². The van der Waals surface area contributed by atoms with Gasteiger partial charge in [0.1, 0.15) is 0 Å². The standard InChI is InChI=1S/C27H27NO2/c1-4-7-16-10-12-17(13-11-16)22-23-20(14-27(2,3)15-21(23)29)28-25-18-8-5-6-9-19(18)26(30)24(22)25/h5-6,8-13,22,28H,4,7,14-15H2,1-3H3/t22-/m1/s1. The topological polar surface area (TPSA) is 46.2 Å². The Balaban J connectivity index is 1.69. The van der Waals surface area contributed by atoms with Crippen LogP contribution in [-0.2, 0) is 11.2 Å². The number of carbonyl (C=O) groups is 2. The zero-order valence-corrected chi connectivity index (χ0v) is 17.8. The van der Waals surface area contributed by atoms with Gasteiger partial charge in [0.2, 0.25) is 0 Å². The number of allylic oxidation sites excluding steroid dienone is 3. The average Bonchev–Trinajstić information content (AvgIpc) is 2.99. The van der Waals surface area contributed by atoms with Gasteiger partial charge in [-0.05, 0) is 29.4 Å². The number of benzene rings is 2. The van der Waals surface area contributed by atoms with E-state index >= 15 is 0 Å². The largest absolute Gasteiger partial charge is 0.358 e. The number of nitrogens with one attached hydrogen (secondary N) is 1. The van der Waals surface area contributed by atoms with Crippen molar-refractivity contribution in [2.45, 2.75) is 52.4 Å². The van der Waals surface area contributed by atoms with E-state index in [2.05, 4.69) is 50.4 Å². The number of rotatable bonds is 3. The molecule has 2 aromatic rings. The van der Waals surface area contributed by atoms with Gasteiger partial charge in [0, 0.05) is 40.3 Å². The van der Waals surface area contributed by atoms with Gasteiger partial charge in [0.25, 0.3) is 0 Å². The highest BCUT2D eigenvalue weighted by Crippen LogP contribution is 2.51. The van der Waals surface area contributed by atoms with E-state index in [1.165, 1.54) is 5.56 Å². The van der Waals surface area contributed by atoms with Crippen LogP contribution in [0, 0.1) is 5.41 Å². The minimum Gasteiger partial charge on any atom is -0.358 e. The summed E-state index contributed by atoms with van der Waals surface area (Å²) in [5.41, 5.74) is 7.31. The van der Waals surface area contributed by atoms with Crippen molar-refractivity contribution >= 4 is 17.3 Å². The van der Waals surface area contributed by atoms with Crippen molar-refractivity contribution in [2.24, 2.45) is 5.41 Å².